The van der Waals surface area contributed by atoms with Gasteiger partial charge in [-0.05, 0) is 36.4 Å². The Morgan fingerprint density at radius 3 is 2.50 bits per heavy atom. The molecular weight excluding hydrogens is 318 g/mol. The second-order valence-corrected chi connectivity index (χ2v) is 4.73. The second-order valence-electron chi connectivity index (χ2n) is 4.29. The molecule has 0 heterocycles. The molecule has 1 N–H and O–H groups in total. The van der Waals surface area contributed by atoms with Crippen molar-refractivity contribution >= 4 is 23.4 Å². The lowest BCUT2D eigenvalue weighted by atomic mass is 10.1. The molecule has 0 saturated carbocycles. The largest absolute Gasteiger partial charge is 0.507 e. The van der Waals surface area contributed by atoms with Crippen molar-refractivity contribution in [3.8, 4) is 5.75 Å². The summed E-state index contributed by atoms with van der Waals surface area (Å²) in [7, 11) is 0. The van der Waals surface area contributed by atoms with Crippen LogP contribution in [0.4, 0.5) is 8.78 Å². The first-order valence-electron chi connectivity index (χ1n) is 6.02. The van der Waals surface area contributed by atoms with Crippen molar-refractivity contribution in [1.82, 2.24) is 0 Å². The van der Waals surface area contributed by atoms with Gasteiger partial charge in [-0.25, -0.2) is 13.6 Å². The van der Waals surface area contributed by atoms with Crippen LogP contribution >= 0.6 is 11.6 Å². The van der Waals surface area contributed by atoms with Gasteiger partial charge < -0.3 is 9.84 Å². The van der Waals surface area contributed by atoms with E-state index in [0.29, 0.717) is 6.07 Å². The van der Waals surface area contributed by atoms with Crippen molar-refractivity contribution in [2.75, 3.05) is 6.61 Å². The molecule has 0 aliphatic rings. The van der Waals surface area contributed by atoms with Crippen LogP contribution in [-0.2, 0) is 4.74 Å². The van der Waals surface area contributed by atoms with Crippen LogP contribution in [0.1, 0.15) is 20.7 Å². The van der Waals surface area contributed by atoms with Crippen molar-refractivity contribution in [2.45, 2.75) is 0 Å². The first-order valence-corrected chi connectivity index (χ1v) is 6.40. The number of halogens is 3. The van der Waals surface area contributed by atoms with E-state index in [1.165, 1.54) is 18.2 Å². The highest BCUT2D eigenvalue weighted by molar-refractivity contribution is 6.31. The highest BCUT2D eigenvalue weighted by Crippen LogP contribution is 2.22. The highest BCUT2D eigenvalue weighted by atomic mass is 35.5. The van der Waals surface area contributed by atoms with E-state index >= 15 is 0 Å². The Bertz CT molecular complexity index is 746. The molecule has 2 rings (SSSR count). The van der Waals surface area contributed by atoms with Crippen molar-refractivity contribution in [1.29, 1.82) is 0 Å². The number of hydrogen-bond donors (Lipinski definition) is 1. The molecule has 114 valence electrons. The van der Waals surface area contributed by atoms with Gasteiger partial charge in [-0.1, -0.05) is 11.6 Å². The number of carbonyl (C=O) groups excluding carboxylic acids is 2. The number of carbonyl (C=O) groups is 2. The monoisotopic (exact) mass is 326 g/mol. The summed E-state index contributed by atoms with van der Waals surface area (Å²) in [5.41, 5.74) is -0.340. The zero-order chi connectivity index (χ0) is 16.3. The number of ether oxygens (including phenoxy) is 1. The lowest BCUT2D eigenvalue weighted by molar-refractivity contribution is 0.0471. The fourth-order valence-corrected chi connectivity index (χ4v) is 1.81. The lowest BCUT2D eigenvalue weighted by Gasteiger charge is -2.06. The summed E-state index contributed by atoms with van der Waals surface area (Å²) in [5, 5.41) is 9.72. The number of aromatic hydroxyl groups is 1. The number of esters is 1. The lowest BCUT2D eigenvalue weighted by Crippen LogP contribution is -2.14. The summed E-state index contributed by atoms with van der Waals surface area (Å²) in [6.45, 7) is -0.685. The fourth-order valence-electron chi connectivity index (χ4n) is 1.63. The van der Waals surface area contributed by atoms with E-state index < -0.39 is 30.0 Å². The number of benzene rings is 2. The predicted molar refractivity (Wildman–Crippen MR) is 74.1 cm³/mol. The zero-order valence-electron chi connectivity index (χ0n) is 11.0. The van der Waals surface area contributed by atoms with Crippen LogP contribution in [0.5, 0.6) is 5.75 Å². The van der Waals surface area contributed by atoms with Gasteiger partial charge >= 0.3 is 5.97 Å². The molecule has 0 aliphatic heterocycles. The van der Waals surface area contributed by atoms with Gasteiger partial charge in [0.1, 0.15) is 11.3 Å². The molecule has 0 unspecified atom stereocenters. The molecule has 0 saturated heterocycles. The van der Waals surface area contributed by atoms with Gasteiger partial charge in [0.25, 0.3) is 0 Å². The average Bonchev–Trinajstić information content (AvgIpc) is 2.49. The summed E-state index contributed by atoms with van der Waals surface area (Å²) in [4.78, 5) is 23.5. The fraction of sp³-hybridized carbons (Fsp3) is 0.0667. The molecule has 0 bridgehead atoms. The van der Waals surface area contributed by atoms with Crippen LogP contribution in [0.15, 0.2) is 36.4 Å². The van der Waals surface area contributed by atoms with E-state index in [9.17, 15) is 23.5 Å². The van der Waals surface area contributed by atoms with Gasteiger partial charge in [0.15, 0.2) is 24.0 Å². The highest BCUT2D eigenvalue weighted by Gasteiger charge is 2.16. The van der Waals surface area contributed by atoms with E-state index in [1.54, 1.807) is 0 Å². The van der Waals surface area contributed by atoms with Crippen molar-refractivity contribution < 1.29 is 28.2 Å². The molecule has 0 fully saturated rings. The van der Waals surface area contributed by atoms with E-state index in [2.05, 4.69) is 0 Å². The third-order valence-electron chi connectivity index (χ3n) is 2.75. The number of hydrogen-bond acceptors (Lipinski definition) is 4. The molecule has 0 amide bonds. The standard InChI is InChI=1S/C15H9ClF2O4/c16-9-2-4-13(19)10(6-9)15(21)22-7-14(20)8-1-3-11(17)12(18)5-8/h1-6,19H,7H2. The van der Waals surface area contributed by atoms with Crippen molar-refractivity contribution in [3.05, 3.63) is 64.2 Å². The number of rotatable bonds is 4. The summed E-state index contributed by atoms with van der Waals surface area (Å²) in [5.74, 6) is -4.29. The minimum atomic E-state index is -1.18. The summed E-state index contributed by atoms with van der Waals surface area (Å²) >= 11 is 5.69. The Morgan fingerprint density at radius 1 is 1.09 bits per heavy atom. The molecule has 7 heteroatoms. The van der Waals surface area contributed by atoms with Gasteiger partial charge in [-0.15, -0.1) is 0 Å². The third kappa shape index (κ3) is 3.59. The van der Waals surface area contributed by atoms with Crippen LogP contribution in [0, 0.1) is 11.6 Å². The molecule has 0 aromatic heterocycles. The third-order valence-corrected chi connectivity index (χ3v) is 2.99. The Labute approximate surface area is 128 Å². The molecule has 0 radical (unpaired) electrons. The number of ketones is 1. The molecule has 0 atom stereocenters. The number of phenolic OH excluding ortho intramolecular Hbond substituents is 1. The van der Waals surface area contributed by atoms with Crippen LogP contribution in [0.25, 0.3) is 0 Å². The maximum atomic E-state index is 13.0. The Balaban J connectivity index is 2.05. The number of Topliss-reactive ketones (excluding diaryl/α,β-unsaturated/α-hetero) is 1. The van der Waals surface area contributed by atoms with Crippen LogP contribution in [0.2, 0.25) is 5.02 Å². The minimum Gasteiger partial charge on any atom is -0.507 e. The quantitative estimate of drug-likeness (QED) is 0.691. The maximum absolute atomic E-state index is 13.0. The van der Waals surface area contributed by atoms with E-state index in [0.717, 1.165) is 12.1 Å². The summed E-state index contributed by atoms with van der Waals surface area (Å²) < 4.78 is 30.5. The number of phenols is 1. The molecule has 2 aromatic rings. The SMILES string of the molecule is O=C(COC(=O)c1cc(Cl)ccc1O)c1ccc(F)c(F)c1. The molecule has 0 spiro atoms. The van der Waals surface area contributed by atoms with E-state index in [-0.39, 0.29) is 21.9 Å². The molecular formula is C15H9ClF2O4. The Kier molecular flexibility index (Phi) is 4.72. The molecule has 0 aliphatic carbocycles. The van der Waals surface area contributed by atoms with E-state index in [1.807, 2.05) is 0 Å². The van der Waals surface area contributed by atoms with Crippen LogP contribution in [0.3, 0.4) is 0 Å². The Hall–Kier alpha value is -2.47. The first kappa shape index (κ1) is 15.9. The van der Waals surface area contributed by atoms with Crippen LogP contribution in [-0.4, -0.2) is 23.5 Å². The first-order chi connectivity index (χ1) is 10.4. The van der Waals surface area contributed by atoms with Gasteiger partial charge in [0, 0.05) is 10.6 Å². The Morgan fingerprint density at radius 2 is 1.82 bits per heavy atom. The summed E-state index contributed by atoms with van der Waals surface area (Å²) in [6, 6.07) is 6.35. The summed E-state index contributed by atoms with van der Waals surface area (Å²) in [6.07, 6.45) is 0. The predicted octanol–water partition coefficient (Wildman–Crippen LogP) is 3.36. The molecule has 22 heavy (non-hydrogen) atoms. The maximum Gasteiger partial charge on any atom is 0.342 e. The smallest absolute Gasteiger partial charge is 0.342 e. The average molecular weight is 327 g/mol. The van der Waals surface area contributed by atoms with Crippen molar-refractivity contribution in [3.63, 3.8) is 0 Å². The molecule has 4 nitrogen and oxygen atoms in total. The molecule has 2 aromatic carbocycles. The second kappa shape index (κ2) is 6.53. The normalized spacial score (nSPS) is 10.3. The zero-order valence-corrected chi connectivity index (χ0v) is 11.7. The minimum absolute atomic E-state index is 0.137. The van der Waals surface area contributed by atoms with Gasteiger partial charge in [-0.3, -0.25) is 4.79 Å². The van der Waals surface area contributed by atoms with E-state index in [4.69, 9.17) is 16.3 Å². The topological polar surface area (TPSA) is 63.6 Å². The van der Waals surface area contributed by atoms with Gasteiger partial charge in [-0.2, -0.15) is 0 Å². The van der Waals surface area contributed by atoms with Gasteiger partial charge in [0.05, 0.1) is 0 Å². The van der Waals surface area contributed by atoms with Crippen molar-refractivity contribution in [2.24, 2.45) is 0 Å². The van der Waals surface area contributed by atoms with Crippen LogP contribution < -0.4 is 0 Å². The van der Waals surface area contributed by atoms with Gasteiger partial charge in [0.2, 0.25) is 0 Å².